The average molecular weight is 310 g/mol. The number of aldehydes is 1. The lowest BCUT2D eigenvalue weighted by Crippen LogP contribution is -1.96. The zero-order valence-electron chi connectivity index (χ0n) is 12.4. The highest BCUT2D eigenvalue weighted by Gasteiger charge is 2.10. The fourth-order valence-corrected chi connectivity index (χ4v) is 2.02. The molecule has 3 aromatic rings. The SMILES string of the molecule is COc1cccc(-c2noc(COc3cccc(C=O)c3)n2)c1. The van der Waals surface area contributed by atoms with Crippen molar-refractivity contribution in [1.82, 2.24) is 10.1 Å². The molecule has 1 heterocycles. The van der Waals surface area contributed by atoms with Crippen LogP contribution in [0.4, 0.5) is 0 Å². The van der Waals surface area contributed by atoms with Gasteiger partial charge in [-0.15, -0.1) is 0 Å². The van der Waals surface area contributed by atoms with Crippen LogP contribution in [0.5, 0.6) is 11.5 Å². The fraction of sp³-hybridized carbons (Fsp3) is 0.118. The molecule has 0 fully saturated rings. The molecule has 0 unspecified atom stereocenters. The van der Waals surface area contributed by atoms with Gasteiger partial charge in [0.2, 0.25) is 5.82 Å². The zero-order valence-corrected chi connectivity index (χ0v) is 12.4. The lowest BCUT2D eigenvalue weighted by atomic mass is 10.2. The Balaban J connectivity index is 1.70. The van der Waals surface area contributed by atoms with Crippen molar-refractivity contribution in [3.63, 3.8) is 0 Å². The van der Waals surface area contributed by atoms with Crippen LogP contribution in [0.25, 0.3) is 11.4 Å². The molecule has 0 aliphatic rings. The van der Waals surface area contributed by atoms with Gasteiger partial charge in [-0.2, -0.15) is 4.98 Å². The molecule has 0 aliphatic heterocycles. The van der Waals surface area contributed by atoms with E-state index in [1.54, 1.807) is 31.4 Å². The van der Waals surface area contributed by atoms with Crippen LogP contribution in [0.3, 0.4) is 0 Å². The van der Waals surface area contributed by atoms with Crippen LogP contribution in [-0.4, -0.2) is 23.5 Å². The van der Waals surface area contributed by atoms with Gasteiger partial charge in [-0.1, -0.05) is 29.4 Å². The fourth-order valence-electron chi connectivity index (χ4n) is 2.02. The maximum atomic E-state index is 10.7. The predicted molar refractivity (Wildman–Crippen MR) is 82.4 cm³/mol. The van der Waals surface area contributed by atoms with E-state index in [1.165, 1.54) is 0 Å². The molecule has 1 aromatic heterocycles. The second kappa shape index (κ2) is 6.74. The molecule has 0 bridgehead atoms. The standard InChI is InChI=1S/C17H14N2O4/c1-21-14-6-3-5-13(9-14)17-18-16(23-19-17)11-22-15-7-2-4-12(8-15)10-20/h2-10H,11H2,1H3. The van der Waals surface area contributed by atoms with E-state index in [-0.39, 0.29) is 6.61 Å². The zero-order chi connectivity index (χ0) is 16.1. The van der Waals surface area contributed by atoms with Gasteiger partial charge in [0.05, 0.1) is 7.11 Å². The highest BCUT2D eigenvalue weighted by Crippen LogP contribution is 2.21. The Kier molecular flexibility index (Phi) is 4.33. The summed E-state index contributed by atoms with van der Waals surface area (Å²) in [5.74, 6) is 2.09. The van der Waals surface area contributed by atoms with Crippen LogP contribution in [0.2, 0.25) is 0 Å². The van der Waals surface area contributed by atoms with Gasteiger partial charge in [-0.05, 0) is 24.3 Å². The van der Waals surface area contributed by atoms with Gasteiger partial charge in [-0.25, -0.2) is 0 Å². The minimum Gasteiger partial charge on any atom is -0.497 e. The van der Waals surface area contributed by atoms with E-state index >= 15 is 0 Å². The van der Waals surface area contributed by atoms with Crippen molar-refractivity contribution in [3.05, 3.63) is 60.0 Å². The summed E-state index contributed by atoms with van der Waals surface area (Å²) in [5, 5.41) is 3.93. The third-order valence-electron chi connectivity index (χ3n) is 3.15. The molecule has 0 saturated heterocycles. The Hall–Kier alpha value is -3.15. The number of benzene rings is 2. The molecule has 0 N–H and O–H groups in total. The van der Waals surface area contributed by atoms with Crippen molar-refractivity contribution in [2.45, 2.75) is 6.61 Å². The lowest BCUT2D eigenvalue weighted by molar-refractivity contribution is 0.112. The average Bonchev–Trinajstić information content (AvgIpc) is 3.09. The molecule has 0 spiro atoms. The van der Waals surface area contributed by atoms with E-state index in [1.807, 2.05) is 24.3 Å². The number of rotatable bonds is 6. The third-order valence-corrected chi connectivity index (χ3v) is 3.15. The third kappa shape index (κ3) is 3.55. The van der Waals surface area contributed by atoms with Crippen LogP contribution < -0.4 is 9.47 Å². The molecule has 116 valence electrons. The smallest absolute Gasteiger partial charge is 0.264 e. The highest BCUT2D eigenvalue weighted by molar-refractivity contribution is 5.75. The first kappa shape index (κ1) is 14.8. The topological polar surface area (TPSA) is 74.5 Å². The Labute approximate surface area is 132 Å². The minimum atomic E-state index is 0.124. The van der Waals surface area contributed by atoms with Crippen molar-refractivity contribution >= 4 is 6.29 Å². The highest BCUT2D eigenvalue weighted by atomic mass is 16.5. The number of aromatic nitrogens is 2. The summed E-state index contributed by atoms with van der Waals surface area (Å²) in [7, 11) is 1.60. The monoisotopic (exact) mass is 310 g/mol. The molecule has 2 aromatic carbocycles. The van der Waals surface area contributed by atoms with Crippen LogP contribution in [0, 0.1) is 0 Å². The van der Waals surface area contributed by atoms with E-state index < -0.39 is 0 Å². The summed E-state index contributed by atoms with van der Waals surface area (Å²) >= 11 is 0. The number of nitrogens with zero attached hydrogens (tertiary/aromatic N) is 2. The largest absolute Gasteiger partial charge is 0.497 e. The van der Waals surface area contributed by atoms with E-state index in [0.29, 0.717) is 23.0 Å². The van der Waals surface area contributed by atoms with Gasteiger partial charge >= 0.3 is 0 Å². The molecule has 6 nitrogen and oxygen atoms in total. The summed E-state index contributed by atoms with van der Waals surface area (Å²) < 4.78 is 15.9. The van der Waals surface area contributed by atoms with Gasteiger partial charge in [0, 0.05) is 11.1 Å². The molecule has 0 radical (unpaired) electrons. The molecule has 0 atom stereocenters. The molecule has 23 heavy (non-hydrogen) atoms. The maximum absolute atomic E-state index is 10.7. The summed E-state index contributed by atoms with van der Waals surface area (Å²) in [6.45, 7) is 0.124. The summed E-state index contributed by atoms with van der Waals surface area (Å²) in [4.78, 5) is 15.0. The van der Waals surface area contributed by atoms with Crippen molar-refractivity contribution in [3.8, 4) is 22.9 Å². The van der Waals surface area contributed by atoms with E-state index in [2.05, 4.69) is 10.1 Å². The molecule has 0 aliphatic carbocycles. The Morgan fingerprint density at radius 3 is 2.78 bits per heavy atom. The normalized spacial score (nSPS) is 10.3. The van der Waals surface area contributed by atoms with E-state index in [4.69, 9.17) is 14.0 Å². The molecular weight excluding hydrogens is 296 g/mol. The first-order chi connectivity index (χ1) is 11.3. The number of carbonyl (C=O) groups is 1. The molecule has 6 heteroatoms. The van der Waals surface area contributed by atoms with Crippen LogP contribution >= 0.6 is 0 Å². The van der Waals surface area contributed by atoms with Crippen LogP contribution in [0.15, 0.2) is 53.1 Å². The number of ether oxygens (including phenoxy) is 2. The van der Waals surface area contributed by atoms with Crippen LogP contribution in [0.1, 0.15) is 16.2 Å². The van der Waals surface area contributed by atoms with Gasteiger partial charge < -0.3 is 14.0 Å². The number of hydrogen-bond donors (Lipinski definition) is 0. The molecule has 0 saturated carbocycles. The molecule has 3 rings (SSSR count). The first-order valence-electron chi connectivity index (χ1n) is 6.93. The lowest BCUT2D eigenvalue weighted by Gasteiger charge is -2.02. The second-order valence-corrected chi connectivity index (χ2v) is 4.72. The van der Waals surface area contributed by atoms with Crippen molar-refractivity contribution in [2.24, 2.45) is 0 Å². The summed E-state index contributed by atoms with van der Waals surface area (Å²) in [5.41, 5.74) is 1.34. The summed E-state index contributed by atoms with van der Waals surface area (Å²) in [6.07, 6.45) is 0.764. The van der Waals surface area contributed by atoms with Crippen molar-refractivity contribution in [2.75, 3.05) is 7.11 Å². The van der Waals surface area contributed by atoms with Gasteiger partial charge in [0.25, 0.3) is 5.89 Å². The van der Waals surface area contributed by atoms with Crippen molar-refractivity contribution < 1.29 is 18.8 Å². The van der Waals surface area contributed by atoms with Gasteiger partial charge in [0.1, 0.15) is 17.8 Å². The van der Waals surface area contributed by atoms with Crippen LogP contribution in [-0.2, 0) is 6.61 Å². The van der Waals surface area contributed by atoms with Gasteiger partial charge in [0.15, 0.2) is 6.61 Å². The number of methoxy groups -OCH3 is 1. The Morgan fingerprint density at radius 2 is 1.96 bits per heavy atom. The van der Waals surface area contributed by atoms with Gasteiger partial charge in [-0.3, -0.25) is 4.79 Å². The minimum absolute atomic E-state index is 0.124. The van der Waals surface area contributed by atoms with E-state index in [0.717, 1.165) is 17.6 Å². The maximum Gasteiger partial charge on any atom is 0.264 e. The molecule has 0 amide bonds. The molecular formula is C17H14N2O4. The number of carbonyl (C=O) groups excluding carboxylic acids is 1. The summed E-state index contributed by atoms with van der Waals surface area (Å²) in [6, 6.07) is 14.2. The predicted octanol–water partition coefficient (Wildman–Crippen LogP) is 3.14. The first-order valence-corrected chi connectivity index (χ1v) is 6.93. The second-order valence-electron chi connectivity index (χ2n) is 4.72. The quantitative estimate of drug-likeness (QED) is 0.651. The Bertz CT molecular complexity index is 814. The number of hydrogen-bond acceptors (Lipinski definition) is 6. The van der Waals surface area contributed by atoms with E-state index in [9.17, 15) is 4.79 Å². The Morgan fingerprint density at radius 1 is 1.13 bits per heavy atom. The van der Waals surface area contributed by atoms with Crippen molar-refractivity contribution in [1.29, 1.82) is 0 Å².